The Balaban J connectivity index is 2.18. The molecule has 0 fully saturated rings. The zero-order valence-corrected chi connectivity index (χ0v) is 11.4. The number of anilines is 1. The van der Waals surface area contributed by atoms with E-state index in [1.165, 1.54) is 0 Å². The highest BCUT2D eigenvalue weighted by Gasteiger charge is 2.33. The van der Waals surface area contributed by atoms with Crippen LogP contribution < -0.4 is 5.32 Å². The molecule has 0 saturated heterocycles. The molecule has 0 atom stereocenters. The molecule has 5 nitrogen and oxygen atoms in total. The van der Waals surface area contributed by atoms with Crippen LogP contribution in [0.2, 0.25) is 5.28 Å². The molecule has 1 N–H and O–H groups in total. The summed E-state index contributed by atoms with van der Waals surface area (Å²) in [6.07, 6.45) is -2.93. The number of aromatic nitrogens is 4. The van der Waals surface area contributed by atoms with Gasteiger partial charge in [-0.25, -0.2) is 9.97 Å². The van der Waals surface area contributed by atoms with Gasteiger partial charge < -0.3 is 5.32 Å². The van der Waals surface area contributed by atoms with Crippen molar-refractivity contribution in [1.29, 1.82) is 0 Å². The van der Waals surface area contributed by atoms with Gasteiger partial charge in [-0.15, -0.1) is 0 Å². The van der Waals surface area contributed by atoms with Crippen LogP contribution in [0, 0.1) is 6.92 Å². The Kier molecular flexibility index (Phi) is 3.85. The summed E-state index contributed by atoms with van der Waals surface area (Å²) in [5.41, 5.74) is 0.687. The van der Waals surface area contributed by atoms with Crippen LogP contribution in [0.3, 0.4) is 0 Å². The molecular weight excluding hydrogens is 295 g/mol. The molecule has 0 amide bonds. The summed E-state index contributed by atoms with van der Waals surface area (Å²) >= 11 is 5.49. The Hall–Kier alpha value is -1.83. The van der Waals surface area contributed by atoms with Crippen molar-refractivity contribution >= 4 is 17.4 Å². The predicted molar refractivity (Wildman–Crippen MR) is 67.3 cm³/mol. The first-order valence-corrected chi connectivity index (χ1v) is 5.98. The van der Waals surface area contributed by atoms with Crippen molar-refractivity contribution in [2.75, 3.05) is 5.32 Å². The summed E-state index contributed by atoms with van der Waals surface area (Å²) in [5, 5.41) is 6.37. The molecule has 0 spiro atoms. The summed E-state index contributed by atoms with van der Waals surface area (Å²) in [7, 11) is 1.78. The molecule has 9 heteroatoms. The van der Waals surface area contributed by atoms with Crippen molar-refractivity contribution in [2.45, 2.75) is 19.6 Å². The average Bonchev–Trinajstić information content (AvgIpc) is 2.66. The van der Waals surface area contributed by atoms with Gasteiger partial charge in [-0.2, -0.15) is 18.3 Å². The van der Waals surface area contributed by atoms with Gasteiger partial charge in [0.2, 0.25) is 5.28 Å². The number of nitrogens with zero attached hydrogens (tertiary/aromatic N) is 4. The highest BCUT2D eigenvalue weighted by Crippen LogP contribution is 2.29. The summed E-state index contributed by atoms with van der Waals surface area (Å²) in [5.74, 6) is 0.0144. The summed E-state index contributed by atoms with van der Waals surface area (Å²) in [6.45, 7) is 2.16. The van der Waals surface area contributed by atoms with E-state index in [-0.39, 0.29) is 5.82 Å². The first-order valence-electron chi connectivity index (χ1n) is 5.60. The standard InChI is InChI=1S/C11H11ClF3N5/c1-6-7(5-17-20(6)2)4-16-9-3-8(11(13,14)15)18-10(12)19-9/h3,5H,4H2,1-2H3,(H,16,18,19). The smallest absolute Gasteiger partial charge is 0.366 e. The second-order valence-corrected chi connectivity index (χ2v) is 4.48. The largest absolute Gasteiger partial charge is 0.433 e. The van der Waals surface area contributed by atoms with Crippen LogP contribution in [0.4, 0.5) is 19.0 Å². The second kappa shape index (κ2) is 5.28. The van der Waals surface area contributed by atoms with Crippen molar-refractivity contribution in [2.24, 2.45) is 7.05 Å². The lowest BCUT2D eigenvalue weighted by Crippen LogP contribution is -2.11. The highest BCUT2D eigenvalue weighted by atomic mass is 35.5. The van der Waals surface area contributed by atoms with Crippen molar-refractivity contribution in [1.82, 2.24) is 19.7 Å². The van der Waals surface area contributed by atoms with Crippen LogP contribution in [0.1, 0.15) is 17.0 Å². The molecule has 0 saturated carbocycles. The van der Waals surface area contributed by atoms with Crippen molar-refractivity contribution in [3.8, 4) is 0 Å². The number of hydrogen-bond acceptors (Lipinski definition) is 4. The molecule has 0 aliphatic rings. The Labute approximate surface area is 117 Å². The monoisotopic (exact) mass is 305 g/mol. The number of alkyl halides is 3. The average molecular weight is 306 g/mol. The molecule has 2 aromatic rings. The first kappa shape index (κ1) is 14.6. The van der Waals surface area contributed by atoms with Crippen LogP contribution in [0.25, 0.3) is 0 Å². The molecule has 0 unspecified atom stereocenters. The second-order valence-electron chi connectivity index (χ2n) is 4.14. The minimum Gasteiger partial charge on any atom is -0.366 e. The number of aryl methyl sites for hydroxylation is 1. The van der Waals surface area contributed by atoms with Crippen molar-refractivity contribution < 1.29 is 13.2 Å². The highest BCUT2D eigenvalue weighted by molar-refractivity contribution is 6.28. The fraction of sp³-hybridized carbons (Fsp3) is 0.364. The summed E-state index contributed by atoms with van der Waals surface area (Å²) < 4.78 is 39.4. The normalized spacial score (nSPS) is 11.7. The van der Waals surface area contributed by atoms with Gasteiger partial charge in [0.25, 0.3) is 0 Å². The van der Waals surface area contributed by atoms with Crippen molar-refractivity contribution in [3.63, 3.8) is 0 Å². The van der Waals surface area contributed by atoms with Crippen LogP contribution in [-0.2, 0) is 19.8 Å². The lowest BCUT2D eigenvalue weighted by atomic mass is 10.2. The molecule has 0 aliphatic carbocycles. The van der Waals surface area contributed by atoms with Crippen LogP contribution in [0.5, 0.6) is 0 Å². The Morgan fingerprint density at radius 1 is 1.35 bits per heavy atom. The van der Waals surface area contributed by atoms with Crippen LogP contribution in [-0.4, -0.2) is 19.7 Å². The molecule has 2 rings (SSSR count). The molecule has 2 heterocycles. The van der Waals surface area contributed by atoms with Gasteiger partial charge in [-0.3, -0.25) is 4.68 Å². The van der Waals surface area contributed by atoms with Crippen LogP contribution in [0.15, 0.2) is 12.3 Å². The minimum absolute atomic E-state index is 0.0144. The minimum atomic E-state index is -4.56. The molecular formula is C11H11ClF3N5. The summed E-state index contributed by atoms with van der Waals surface area (Å²) in [4.78, 5) is 6.87. The van der Waals surface area contributed by atoms with E-state index >= 15 is 0 Å². The van der Waals surface area contributed by atoms with Gasteiger partial charge in [0.1, 0.15) is 5.82 Å². The zero-order chi connectivity index (χ0) is 14.9. The van der Waals surface area contributed by atoms with E-state index in [4.69, 9.17) is 11.6 Å². The van der Waals surface area contributed by atoms with E-state index < -0.39 is 17.2 Å². The summed E-state index contributed by atoms with van der Waals surface area (Å²) in [6, 6.07) is 0.817. The molecule has 0 radical (unpaired) electrons. The van der Waals surface area contributed by atoms with Crippen molar-refractivity contribution in [3.05, 3.63) is 34.5 Å². The first-order chi connectivity index (χ1) is 9.27. The SMILES string of the molecule is Cc1c(CNc2cc(C(F)(F)F)nc(Cl)n2)cnn1C. The topological polar surface area (TPSA) is 55.6 Å². The third kappa shape index (κ3) is 3.19. The number of nitrogens with one attached hydrogen (secondary N) is 1. The maximum Gasteiger partial charge on any atom is 0.433 e. The molecule has 0 bridgehead atoms. The van der Waals surface area contributed by atoms with Gasteiger partial charge in [0.05, 0.1) is 6.20 Å². The van der Waals surface area contributed by atoms with E-state index in [9.17, 15) is 13.2 Å². The van der Waals surface area contributed by atoms with E-state index in [0.29, 0.717) is 6.54 Å². The molecule has 20 heavy (non-hydrogen) atoms. The molecule has 2 aromatic heterocycles. The maximum atomic E-state index is 12.6. The maximum absolute atomic E-state index is 12.6. The number of halogens is 4. The van der Waals surface area contributed by atoms with E-state index in [1.54, 1.807) is 17.9 Å². The van der Waals surface area contributed by atoms with Gasteiger partial charge in [0.15, 0.2) is 5.69 Å². The molecule has 0 aromatic carbocycles. The van der Waals surface area contributed by atoms with Crippen LogP contribution >= 0.6 is 11.6 Å². The fourth-order valence-corrected chi connectivity index (χ4v) is 1.74. The fourth-order valence-electron chi connectivity index (χ4n) is 1.56. The third-order valence-electron chi connectivity index (χ3n) is 2.79. The van der Waals surface area contributed by atoms with Gasteiger partial charge in [-0.1, -0.05) is 0 Å². The van der Waals surface area contributed by atoms with Gasteiger partial charge in [-0.05, 0) is 18.5 Å². The lowest BCUT2D eigenvalue weighted by molar-refractivity contribution is -0.141. The van der Waals surface area contributed by atoms with Gasteiger partial charge in [0, 0.05) is 30.9 Å². The third-order valence-corrected chi connectivity index (χ3v) is 2.96. The van der Waals surface area contributed by atoms with Gasteiger partial charge >= 0.3 is 6.18 Å². The quantitative estimate of drug-likeness (QED) is 0.886. The molecule has 108 valence electrons. The number of hydrogen-bond donors (Lipinski definition) is 1. The lowest BCUT2D eigenvalue weighted by Gasteiger charge is -2.09. The Morgan fingerprint density at radius 3 is 2.60 bits per heavy atom. The van der Waals surface area contributed by atoms with E-state index in [1.807, 2.05) is 6.92 Å². The molecule has 0 aliphatic heterocycles. The Morgan fingerprint density at radius 2 is 2.05 bits per heavy atom. The number of rotatable bonds is 3. The Bertz CT molecular complexity index is 623. The van der Waals surface area contributed by atoms with E-state index in [0.717, 1.165) is 17.3 Å². The van der Waals surface area contributed by atoms with E-state index in [2.05, 4.69) is 20.4 Å². The predicted octanol–water partition coefficient (Wildman–Crippen LogP) is 2.80. The zero-order valence-electron chi connectivity index (χ0n) is 10.7.